The summed E-state index contributed by atoms with van der Waals surface area (Å²) < 4.78 is 26.0. The highest BCUT2D eigenvalue weighted by Gasteiger charge is 2.53. The van der Waals surface area contributed by atoms with Crippen molar-refractivity contribution in [2.24, 2.45) is 11.8 Å². The number of carbonyl (C=O) groups is 2. The van der Waals surface area contributed by atoms with Gasteiger partial charge in [-0.15, -0.1) is 0 Å². The van der Waals surface area contributed by atoms with Crippen molar-refractivity contribution in [3.8, 4) is 0 Å². The third-order valence-corrected chi connectivity index (χ3v) is 7.90. The largest absolute Gasteiger partial charge is 0.340 e. The van der Waals surface area contributed by atoms with Gasteiger partial charge in [-0.3, -0.25) is 9.59 Å². The maximum absolute atomic E-state index is 13.5. The molecule has 1 aromatic carbocycles. The lowest BCUT2D eigenvalue weighted by molar-refractivity contribution is -0.163. The van der Waals surface area contributed by atoms with E-state index >= 15 is 0 Å². The standard InChI is InChI=1S/C21H29N3O4S/c1-22(12-15-7-4-3-5-8-15)21(26)20-17-11-16(13-23(14-17)29(2,27)28)18-9-6-10-19(25)24(18)20/h3-5,7-8,16-18,20H,6,9-14H2,1-2H3/t16-,17+,18-,20+/m0/s1. The molecule has 4 rings (SSSR count). The fourth-order valence-electron chi connectivity index (χ4n) is 5.36. The first-order valence-corrected chi connectivity index (χ1v) is 12.2. The first-order valence-electron chi connectivity index (χ1n) is 10.3. The molecule has 3 saturated heterocycles. The van der Waals surface area contributed by atoms with Crippen LogP contribution in [0, 0.1) is 11.8 Å². The summed E-state index contributed by atoms with van der Waals surface area (Å²) >= 11 is 0. The molecule has 3 aliphatic rings. The summed E-state index contributed by atoms with van der Waals surface area (Å²) in [6.45, 7) is 1.22. The Hall–Kier alpha value is -1.93. The molecule has 0 radical (unpaired) electrons. The van der Waals surface area contributed by atoms with Gasteiger partial charge in [0.2, 0.25) is 21.8 Å². The van der Waals surface area contributed by atoms with Crippen LogP contribution in [0.15, 0.2) is 30.3 Å². The molecule has 0 aliphatic carbocycles. The highest BCUT2D eigenvalue weighted by molar-refractivity contribution is 7.88. The molecule has 0 saturated carbocycles. The summed E-state index contributed by atoms with van der Waals surface area (Å²) in [5.74, 6) is -0.105. The van der Waals surface area contributed by atoms with E-state index < -0.39 is 16.1 Å². The van der Waals surface area contributed by atoms with Crippen molar-refractivity contribution in [2.45, 2.75) is 44.3 Å². The van der Waals surface area contributed by atoms with E-state index in [4.69, 9.17) is 0 Å². The minimum absolute atomic E-state index is 0.0372. The van der Waals surface area contributed by atoms with Crippen molar-refractivity contribution >= 4 is 21.8 Å². The van der Waals surface area contributed by atoms with Crippen LogP contribution < -0.4 is 0 Å². The molecule has 2 bridgehead atoms. The number of fused-ring (bicyclic) bond motifs is 4. The van der Waals surface area contributed by atoms with Crippen LogP contribution in [-0.2, 0) is 26.2 Å². The summed E-state index contributed by atoms with van der Waals surface area (Å²) in [6.07, 6.45) is 4.15. The van der Waals surface area contributed by atoms with Crippen LogP contribution in [0.2, 0.25) is 0 Å². The van der Waals surface area contributed by atoms with E-state index in [2.05, 4.69) is 0 Å². The lowest BCUT2D eigenvalue weighted by Crippen LogP contribution is -2.68. The monoisotopic (exact) mass is 419 g/mol. The van der Waals surface area contributed by atoms with Crippen LogP contribution in [0.25, 0.3) is 0 Å². The Balaban J connectivity index is 1.63. The summed E-state index contributed by atoms with van der Waals surface area (Å²) in [5, 5.41) is 0. The molecule has 7 nitrogen and oxygen atoms in total. The number of likely N-dealkylation sites (N-methyl/N-ethyl adjacent to an activating group) is 1. The molecule has 3 aliphatic heterocycles. The number of carbonyl (C=O) groups excluding carboxylic acids is 2. The van der Waals surface area contributed by atoms with Crippen LogP contribution in [-0.4, -0.2) is 72.8 Å². The predicted octanol–water partition coefficient (Wildman–Crippen LogP) is 1.31. The van der Waals surface area contributed by atoms with Gasteiger partial charge >= 0.3 is 0 Å². The third-order valence-electron chi connectivity index (χ3n) is 6.67. The van der Waals surface area contributed by atoms with Crippen LogP contribution in [0.5, 0.6) is 0 Å². The molecule has 29 heavy (non-hydrogen) atoms. The lowest BCUT2D eigenvalue weighted by atomic mass is 9.72. The summed E-state index contributed by atoms with van der Waals surface area (Å²) in [4.78, 5) is 29.9. The van der Waals surface area contributed by atoms with E-state index in [0.29, 0.717) is 26.1 Å². The minimum atomic E-state index is -3.33. The number of hydrogen-bond donors (Lipinski definition) is 0. The van der Waals surface area contributed by atoms with Gasteiger partial charge in [0.05, 0.1) is 6.26 Å². The molecule has 3 fully saturated rings. The number of hydrogen-bond acceptors (Lipinski definition) is 4. The number of benzene rings is 1. The number of sulfonamides is 1. The Bertz CT molecular complexity index is 888. The highest BCUT2D eigenvalue weighted by atomic mass is 32.2. The molecular formula is C21H29N3O4S. The molecule has 4 atom stereocenters. The molecule has 0 N–H and O–H groups in total. The average molecular weight is 420 g/mol. The Morgan fingerprint density at radius 3 is 2.55 bits per heavy atom. The molecule has 0 unspecified atom stereocenters. The summed E-state index contributed by atoms with van der Waals surface area (Å²) in [6, 6.07) is 9.13. The third kappa shape index (κ3) is 3.92. The lowest BCUT2D eigenvalue weighted by Gasteiger charge is -2.55. The zero-order chi connectivity index (χ0) is 20.8. The van der Waals surface area contributed by atoms with E-state index in [1.807, 2.05) is 35.2 Å². The Kier molecular flexibility index (Phi) is 5.42. The van der Waals surface area contributed by atoms with E-state index in [-0.39, 0.29) is 29.7 Å². The number of piperidine rings is 3. The first-order chi connectivity index (χ1) is 13.8. The van der Waals surface area contributed by atoms with Gasteiger partial charge in [-0.25, -0.2) is 12.7 Å². The molecule has 0 spiro atoms. The van der Waals surface area contributed by atoms with Crippen LogP contribution in [0.4, 0.5) is 0 Å². The fraction of sp³-hybridized carbons (Fsp3) is 0.619. The van der Waals surface area contributed by atoms with Gasteiger partial charge in [0.15, 0.2) is 0 Å². The summed E-state index contributed by atoms with van der Waals surface area (Å²) in [7, 11) is -1.57. The van der Waals surface area contributed by atoms with Gasteiger partial charge in [0, 0.05) is 45.1 Å². The molecule has 0 aromatic heterocycles. The van der Waals surface area contributed by atoms with Gasteiger partial charge in [-0.05, 0) is 30.7 Å². The molecule has 8 heteroatoms. The van der Waals surface area contributed by atoms with Gasteiger partial charge in [0.25, 0.3) is 0 Å². The minimum Gasteiger partial charge on any atom is -0.340 e. The first kappa shape index (κ1) is 20.3. The zero-order valence-corrected chi connectivity index (χ0v) is 17.8. The maximum Gasteiger partial charge on any atom is 0.245 e. The second-order valence-electron chi connectivity index (χ2n) is 8.72. The van der Waals surface area contributed by atoms with Crippen molar-refractivity contribution in [3.63, 3.8) is 0 Å². The quantitative estimate of drug-likeness (QED) is 0.737. The second kappa shape index (κ2) is 7.72. The van der Waals surface area contributed by atoms with Crippen LogP contribution in [0.3, 0.4) is 0 Å². The number of amides is 2. The molecule has 2 amide bonds. The normalized spacial score (nSPS) is 30.0. The highest BCUT2D eigenvalue weighted by Crippen LogP contribution is 2.42. The smallest absolute Gasteiger partial charge is 0.245 e. The number of nitrogens with zero attached hydrogens (tertiary/aromatic N) is 3. The van der Waals surface area contributed by atoms with Crippen LogP contribution in [0.1, 0.15) is 31.2 Å². The van der Waals surface area contributed by atoms with Crippen molar-refractivity contribution in [2.75, 3.05) is 26.4 Å². The molecule has 158 valence electrons. The van der Waals surface area contributed by atoms with Crippen molar-refractivity contribution in [1.82, 2.24) is 14.1 Å². The second-order valence-corrected chi connectivity index (χ2v) is 10.7. The SMILES string of the molecule is CN(Cc1ccccc1)C(=O)[C@H]1[C@@H]2C[C@@H](CN(S(C)(=O)=O)C2)[C@@H]2CCCC(=O)N21. The van der Waals surface area contributed by atoms with Gasteiger partial charge in [0.1, 0.15) is 6.04 Å². The topological polar surface area (TPSA) is 78.0 Å². The number of rotatable bonds is 4. The van der Waals surface area contributed by atoms with E-state index in [1.165, 1.54) is 10.6 Å². The predicted molar refractivity (Wildman–Crippen MR) is 109 cm³/mol. The van der Waals surface area contributed by atoms with Crippen LogP contribution >= 0.6 is 0 Å². The fourth-order valence-corrected chi connectivity index (χ4v) is 6.29. The van der Waals surface area contributed by atoms with Gasteiger partial charge in [-0.2, -0.15) is 0 Å². The van der Waals surface area contributed by atoms with Gasteiger partial charge < -0.3 is 9.80 Å². The van der Waals surface area contributed by atoms with E-state index in [1.54, 1.807) is 11.9 Å². The van der Waals surface area contributed by atoms with E-state index in [0.717, 1.165) is 24.8 Å². The van der Waals surface area contributed by atoms with Crippen molar-refractivity contribution < 1.29 is 18.0 Å². The van der Waals surface area contributed by atoms with Gasteiger partial charge in [-0.1, -0.05) is 30.3 Å². The molecule has 3 heterocycles. The average Bonchev–Trinajstić information content (AvgIpc) is 2.68. The summed E-state index contributed by atoms with van der Waals surface area (Å²) in [5.41, 5.74) is 1.03. The van der Waals surface area contributed by atoms with Crippen molar-refractivity contribution in [3.05, 3.63) is 35.9 Å². The zero-order valence-electron chi connectivity index (χ0n) is 17.0. The Morgan fingerprint density at radius 1 is 1.17 bits per heavy atom. The van der Waals surface area contributed by atoms with E-state index in [9.17, 15) is 18.0 Å². The Morgan fingerprint density at radius 2 is 1.86 bits per heavy atom. The molecular weight excluding hydrogens is 390 g/mol. The maximum atomic E-state index is 13.5. The Labute approximate surface area is 172 Å². The molecule has 1 aromatic rings. The van der Waals surface area contributed by atoms with Crippen molar-refractivity contribution in [1.29, 1.82) is 0 Å².